The molecule has 3 atom stereocenters. The maximum absolute atomic E-state index is 12.5. The van der Waals surface area contributed by atoms with Gasteiger partial charge in [-0.3, -0.25) is 4.90 Å². The highest BCUT2D eigenvalue weighted by Crippen LogP contribution is 2.27. The van der Waals surface area contributed by atoms with Gasteiger partial charge < -0.3 is 0 Å². The van der Waals surface area contributed by atoms with Gasteiger partial charge in [0.05, 0.1) is 6.07 Å². The lowest BCUT2D eigenvalue weighted by molar-refractivity contribution is 0.0562. The van der Waals surface area contributed by atoms with Crippen molar-refractivity contribution < 1.29 is 8.42 Å². The van der Waals surface area contributed by atoms with E-state index in [1.807, 2.05) is 13.0 Å². The first-order chi connectivity index (χ1) is 9.00. The molecule has 0 aromatic rings. The predicted octanol–water partition coefficient (Wildman–Crippen LogP) is 1.18. The number of rotatable bonds is 3. The van der Waals surface area contributed by atoms with Crippen LogP contribution < -0.4 is 0 Å². The third-order valence-corrected chi connectivity index (χ3v) is 6.65. The summed E-state index contributed by atoms with van der Waals surface area (Å²) < 4.78 is 26.6. The molecule has 0 bridgehead atoms. The molecule has 3 unspecified atom stereocenters. The Bertz CT molecular complexity index is 457. The smallest absolute Gasteiger partial charge is 0.230 e. The van der Waals surface area contributed by atoms with E-state index in [9.17, 15) is 8.42 Å². The van der Waals surface area contributed by atoms with E-state index in [1.165, 1.54) is 12.8 Å². The fourth-order valence-corrected chi connectivity index (χ4v) is 5.04. The fraction of sp³-hybridized carbons (Fsp3) is 0.923. The summed E-state index contributed by atoms with van der Waals surface area (Å²) in [6, 6.07) is 2.26. The first kappa shape index (κ1) is 14.8. The van der Waals surface area contributed by atoms with Crippen molar-refractivity contribution in [2.45, 2.75) is 56.9 Å². The van der Waals surface area contributed by atoms with E-state index in [4.69, 9.17) is 5.26 Å². The van der Waals surface area contributed by atoms with Crippen LogP contribution >= 0.6 is 0 Å². The van der Waals surface area contributed by atoms with E-state index >= 15 is 0 Å². The van der Waals surface area contributed by atoms with Crippen LogP contribution in [-0.2, 0) is 10.0 Å². The molecule has 19 heavy (non-hydrogen) atoms. The number of nitrogens with zero attached hydrogens (tertiary/aromatic N) is 3. The lowest BCUT2D eigenvalue weighted by atomic mass is 9.99. The highest BCUT2D eigenvalue weighted by atomic mass is 32.2. The molecule has 0 radical (unpaired) electrons. The summed E-state index contributed by atoms with van der Waals surface area (Å²) in [7, 11) is -3.48. The minimum atomic E-state index is -3.48. The third kappa shape index (κ3) is 2.78. The Hall–Kier alpha value is -0.640. The zero-order chi connectivity index (χ0) is 14.0. The third-order valence-electron chi connectivity index (χ3n) is 4.33. The van der Waals surface area contributed by atoms with Gasteiger partial charge in [-0.05, 0) is 32.7 Å². The molecule has 0 saturated carbocycles. The predicted molar refractivity (Wildman–Crippen MR) is 74.0 cm³/mol. The van der Waals surface area contributed by atoms with Crippen LogP contribution in [-0.4, -0.2) is 54.6 Å². The van der Waals surface area contributed by atoms with Gasteiger partial charge in [-0.1, -0.05) is 13.3 Å². The summed E-state index contributed by atoms with van der Waals surface area (Å²) in [6.45, 7) is 6.14. The number of hydrogen-bond donors (Lipinski definition) is 0. The Balaban J connectivity index is 2.18. The fourth-order valence-electron chi connectivity index (χ4n) is 3.21. The SMILES string of the molecule is CCC(C#N)S(=O)(=O)N1CC2CCCCN2CC1C. The topological polar surface area (TPSA) is 64.4 Å². The van der Waals surface area contributed by atoms with Gasteiger partial charge in [0.2, 0.25) is 10.0 Å². The van der Waals surface area contributed by atoms with Crippen LogP contribution in [0.2, 0.25) is 0 Å². The molecular weight excluding hydrogens is 262 g/mol. The maximum Gasteiger partial charge on any atom is 0.230 e. The molecule has 0 spiro atoms. The molecule has 0 N–H and O–H groups in total. The number of piperidine rings is 1. The van der Waals surface area contributed by atoms with Crippen molar-refractivity contribution in [2.24, 2.45) is 0 Å². The van der Waals surface area contributed by atoms with Gasteiger partial charge in [-0.25, -0.2) is 8.42 Å². The van der Waals surface area contributed by atoms with Crippen LogP contribution in [0.1, 0.15) is 39.5 Å². The molecule has 2 saturated heterocycles. The summed E-state index contributed by atoms with van der Waals surface area (Å²) in [4.78, 5) is 2.41. The quantitative estimate of drug-likeness (QED) is 0.781. The molecule has 2 aliphatic rings. The van der Waals surface area contributed by atoms with Crippen LogP contribution in [0.5, 0.6) is 0 Å². The van der Waals surface area contributed by atoms with E-state index < -0.39 is 15.3 Å². The molecule has 6 heteroatoms. The van der Waals surface area contributed by atoms with Gasteiger partial charge in [0, 0.05) is 25.2 Å². The summed E-state index contributed by atoms with van der Waals surface area (Å²) in [5.41, 5.74) is 0. The second-order valence-electron chi connectivity index (χ2n) is 5.63. The van der Waals surface area contributed by atoms with Crippen LogP contribution in [0.15, 0.2) is 0 Å². The Morgan fingerprint density at radius 1 is 1.37 bits per heavy atom. The summed E-state index contributed by atoms with van der Waals surface area (Å²) >= 11 is 0. The van der Waals surface area contributed by atoms with Crippen molar-refractivity contribution in [1.29, 1.82) is 5.26 Å². The number of hydrogen-bond acceptors (Lipinski definition) is 4. The highest BCUT2D eigenvalue weighted by molar-refractivity contribution is 7.90. The molecule has 0 aromatic heterocycles. The van der Waals surface area contributed by atoms with E-state index in [2.05, 4.69) is 4.90 Å². The number of sulfonamides is 1. The van der Waals surface area contributed by atoms with Gasteiger partial charge in [0.15, 0.2) is 5.25 Å². The van der Waals surface area contributed by atoms with Crippen LogP contribution in [0.3, 0.4) is 0 Å². The van der Waals surface area contributed by atoms with E-state index in [0.29, 0.717) is 19.0 Å². The molecule has 0 aromatic carbocycles. The minimum absolute atomic E-state index is 0.0262. The number of nitriles is 1. The molecule has 2 rings (SSSR count). The van der Waals surface area contributed by atoms with Gasteiger partial charge >= 0.3 is 0 Å². The normalized spacial score (nSPS) is 31.4. The Morgan fingerprint density at radius 3 is 2.74 bits per heavy atom. The zero-order valence-corrected chi connectivity index (χ0v) is 12.6. The van der Waals surface area contributed by atoms with Crippen molar-refractivity contribution in [3.63, 3.8) is 0 Å². The lowest BCUT2D eigenvalue weighted by Gasteiger charge is -2.47. The first-order valence-corrected chi connectivity index (χ1v) is 8.65. The van der Waals surface area contributed by atoms with Crippen molar-refractivity contribution in [2.75, 3.05) is 19.6 Å². The van der Waals surface area contributed by atoms with Gasteiger partial charge in [-0.15, -0.1) is 0 Å². The second-order valence-corrected chi connectivity index (χ2v) is 7.70. The summed E-state index contributed by atoms with van der Waals surface area (Å²) in [6.07, 6.45) is 3.82. The Kier molecular flexibility index (Phi) is 4.49. The van der Waals surface area contributed by atoms with E-state index in [1.54, 1.807) is 11.2 Å². The van der Waals surface area contributed by atoms with Crippen LogP contribution in [0, 0.1) is 11.3 Å². The molecule has 108 valence electrons. The zero-order valence-electron chi connectivity index (χ0n) is 11.7. The molecule has 2 fully saturated rings. The van der Waals surface area contributed by atoms with Crippen LogP contribution in [0.25, 0.3) is 0 Å². The summed E-state index contributed by atoms with van der Waals surface area (Å²) in [5, 5.41) is 8.15. The number of fused-ring (bicyclic) bond motifs is 1. The largest absolute Gasteiger partial charge is 0.297 e. The lowest BCUT2D eigenvalue weighted by Crippen LogP contribution is -2.61. The van der Waals surface area contributed by atoms with Crippen LogP contribution in [0.4, 0.5) is 0 Å². The van der Waals surface area contributed by atoms with Crippen molar-refractivity contribution in [3.8, 4) is 6.07 Å². The van der Waals surface area contributed by atoms with Crippen molar-refractivity contribution in [1.82, 2.24) is 9.21 Å². The monoisotopic (exact) mass is 285 g/mol. The summed E-state index contributed by atoms with van der Waals surface area (Å²) in [5.74, 6) is 0. The van der Waals surface area contributed by atoms with Gasteiger partial charge in [-0.2, -0.15) is 9.57 Å². The van der Waals surface area contributed by atoms with Crippen molar-refractivity contribution in [3.05, 3.63) is 0 Å². The van der Waals surface area contributed by atoms with Gasteiger partial charge in [0.1, 0.15) is 0 Å². The first-order valence-electron chi connectivity index (χ1n) is 7.15. The Labute approximate surface area is 116 Å². The maximum atomic E-state index is 12.5. The molecule has 0 amide bonds. The highest BCUT2D eigenvalue weighted by Gasteiger charge is 2.41. The molecule has 2 aliphatic heterocycles. The molecule has 2 heterocycles. The standard InChI is InChI=1S/C13H23N3O2S/c1-3-13(8-14)19(17,18)16-10-12-6-4-5-7-15(12)9-11(16)2/h11-13H,3-7,9-10H2,1-2H3. The van der Waals surface area contributed by atoms with Gasteiger partial charge in [0.25, 0.3) is 0 Å². The van der Waals surface area contributed by atoms with Crippen molar-refractivity contribution >= 4 is 10.0 Å². The average molecular weight is 285 g/mol. The second kappa shape index (κ2) is 5.78. The molecule has 5 nitrogen and oxygen atoms in total. The average Bonchev–Trinajstić information content (AvgIpc) is 2.38. The minimum Gasteiger partial charge on any atom is -0.297 e. The van der Waals surface area contributed by atoms with E-state index in [-0.39, 0.29) is 6.04 Å². The van der Waals surface area contributed by atoms with E-state index in [0.717, 1.165) is 19.5 Å². The molecular formula is C13H23N3O2S. The number of piperazine rings is 1. The Morgan fingerprint density at radius 2 is 2.11 bits per heavy atom. The molecule has 0 aliphatic carbocycles.